The number of carbonyl (C=O) groups is 1. The molecule has 0 amide bonds. The Morgan fingerprint density at radius 1 is 1.38 bits per heavy atom. The minimum atomic E-state index is -0.791. The average molecular weight is 222 g/mol. The van der Waals surface area contributed by atoms with Gasteiger partial charge in [-0.05, 0) is 31.6 Å². The van der Waals surface area contributed by atoms with Crippen LogP contribution in [-0.4, -0.2) is 21.0 Å². The highest BCUT2D eigenvalue weighted by Gasteiger charge is 2.28. The molecule has 0 fully saturated rings. The largest absolute Gasteiger partial charge is 0.481 e. The van der Waals surface area contributed by atoms with Crippen LogP contribution in [0, 0.1) is 5.92 Å². The standard InChI is InChI=1S/C12H18N2O2/c1-7(2)10(12(15)16)11-13-8-5-3-4-6-9(8)14-11/h7,10H,3-6H2,1-2H3,(H,13,14)(H,15,16). The van der Waals surface area contributed by atoms with E-state index < -0.39 is 11.9 Å². The number of aromatic amines is 1. The monoisotopic (exact) mass is 222 g/mol. The number of fused-ring (bicyclic) bond motifs is 1. The van der Waals surface area contributed by atoms with E-state index in [1.54, 1.807) is 0 Å². The fourth-order valence-corrected chi connectivity index (χ4v) is 2.34. The Morgan fingerprint density at radius 3 is 2.62 bits per heavy atom. The van der Waals surface area contributed by atoms with E-state index in [4.69, 9.17) is 0 Å². The van der Waals surface area contributed by atoms with Crippen molar-refractivity contribution in [3.05, 3.63) is 17.2 Å². The summed E-state index contributed by atoms with van der Waals surface area (Å²) in [5, 5.41) is 9.20. The van der Waals surface area contributed by atoms with Gasteiger partial charge in [-0.2, -0.15) is 0 Å². The molecule has 0 bridgehead atoms. The van der Waals surface area contributed by atoms with Crippen LogP contribution in [0.3, 0.4) is 0 Å². The van der Waals surface area contributed by atoms with Gasteiger partial charge in [0.15, 0.2) is 0 Å². The molecule has 0 aromatic carbocycles. The molecular weight excluding hydrogens is 204 g/mol. The van der Waals surface area contributed by atoms with Crippen LogP contribution >= 0.6 is 0 Å². The molecule has 88 valence electrons. The van der Waals surface area contributed by atoms with Crippen molar-refractivity contribution in [2.75, 3.05) is 0 Å². The second-order valence-electron chi connectivity index (χ2n) is 4.81. The van der Waals surface area contributed by atoms with E-state index in [1.165, 1.54) is 6.42 Å². The zero-order valence-corrected chi connectivity index (χ0v) is 9.79. The number of imidazole rings is 1. The molecule has 0 aliphatic heterocycles. The predicted molar refractivity (Wildman–Crippen MR) is 60.4 cm³/mol. The van der Waals surface area contributed by atoms with Gasteiger partial charge in [-0.3, -0.25) is 4.79 Å². The van der Waals surface area contributed by atoms with Gasteiger partial charge in [0, 0.05) is 5.69 Å². The summed E-state index contributed by atoms with van der Waals surface area (Å²) in [4.78, 5) is 18.9. The average Bonchev–Trinajstić information content (AvgIpc) is 2.58. The summed E-state index contributed by atoms with van der Waals surface area (Å²) < 4.78 is 0. The number of carboxylic acids is 1. The van der Waals surface area contributed by atoms with Gasteiger partial charge in [-0.15, -0.1) is 0 Å². The van der Waals surface area contributed by atoms with Crippen molar-refractivity contribution in [1.29, 1.82) is 0 Å². The molecule has 0 radical (unpaired) electrons. The number of aromatic nitrogens is 2. The van der Waals surface area contributed by atoms with Crippen molar-refractivity contribution < 1.29 is 9.90 Å². The van der Waals surface area contributed by atoms with Crippen molar-refractivity contribution in [2.45, 2.75) is 45.4 Å². The third-order valence-corrected chi connectivity index (χ3v) is 3.20. The highest BCUT2D eigenvalue weighted by atomic mass is 16.4. The number of H-pyrrole nitrogens is 1. The van der Waals surface area contributed by atoms with Crippen molar-refractivity contribution >= 4 is 5.97 Å². The van der Waals surface area contributed by atoms with Crippen LogP contribution in [0.1, 0.15) is 49.8 Å². The first-order valence-corrected chi connectivity index (χ1v) is 5.90. The quantitative estimate of drug-likeness (QED) is 0.823. The molecule has 1 aliphatic rings. The van der Waals surface area contributed by atoms with Crippen LogP contribution in [0.5, 0.6) is 0 Å². The molecule has 0 saturated carbocycles. The Hall–Kier alpha value is -1.32. The summed E-state index contributed by atoms with van der Waals surface area (Å²) in [5.41, 5.74) is 2.22. The molecule has 1 aromatic heterocycles. The van der Waals surface area contributed by atoms with E-state index in [0.717, 1.165) is 30.7 Å². The lowest BCUT2D eigenvalue weighted by molar-refractivity contribution is -0.140. The Labute approximate surface area is 95.1 Å². The third-order valence-electron chi connectivity index (χ3n) is 3.20. The topological polar surface area (TPSA) is 66.0 Å². The number of nitrogens with zero attached hydrogens (tertiary/aromatic N) is 1. The highest BCUT2D eigenvalue weighted by Crippen LogP contribution is 2.26. The highest BCUT2D eigenvalue weighted by molar-refractivity contribution is 5.75. The summed E-state index contributed by atoms with van der Waals surface area (Å²) in [7, 11) is 0. The fraction of sp³-hybridized carbons (Fsp3) is 0.667. The van der Waals surface area contributed by atoms with Crippen LogP contribution < -0.4 is 0 Å². The molecule has 1 heterocycles. The number of nitrogens with one attached hydrogen (secondary N) is 1. The van der Waals surface area contributed by atoms with Crippen LogP contribution in [0.25, 0.3) is 0 Å². The minimum absolute atomic E-state index is 0.0603. The van der Waals surface area contributed by atoms with E-state index in [2.05, 4.69) is 9.97 Å². The molecular formula is C12H18N2O2. The smallest absolute Gasteiger partial charge is 0.314 e. The SMILES string of the molecule is CC(C)C(C(=O)O)c1nc2c([nH]1)CCCC2. The van der Waals surface area contributed by atoms with E-state index in [-0.39, 0.29) is 5.92 Å². The van der Waals surface area contributed by atoms with E-state index in [0.29, 0.717) is 5.82 Å². The Kier molecular flexibility index (Phi) is 2.99. The fourth-order valence-electron chi connectivity index (χ4n) is 2.34. The molecule has 4 nitrogen and oxygen atoms in total. The molecule has 1 aliphatic carbocycles. The van der Waals surface area contributed by atoms with Crippen LogP contribution in [0.2, 0.25) is 0 Å². The van der Waals surface area contributed by atoms with Gasteiger partial charge in [-0.25, -0.2) is 4.98 Å². The second kappa shape index (κ2) is 4.28. The first kappa shape index (κ1) is 11.2. The Balaban J connectivity index is 2.31. The minimum Gasteiger partial charge on any atom is -0.481 e. The molecule has 1 atom stereocenters. The van der Waals surface area contributed by atoms with E-state index >= 15 is 0 Å². The molecule has 2 rings (SSSR count). The van der Waals surface area contributed by atoms with E-state index in [1.807, 2.05) is 13.8 Å². The predicted octanol–water partition coefficient (Wildman–Crippen LogP) is 2.11. The van der Waals surface area contributed by atoms with E-state index in [9.17, 15) is 9.90 Å². The molecule has 0 saturated heterocycles. The van der Waals surface area contributed by atoms with Crippen molar-refractivity contribution in [1.82, 2.24) is 9.97 Å². The first-order chi connectivity index (χ1) is 7.59. The number of aryl methyl sites for hydroxylation is 2. The maximum absolute atomic E-state index is 11.2. The zero-order chi connectivity index (χ0) is 11.7. The lowest BCUT2D eigenvalue weighted by Gasteiger charge is -2.12. The molecule has 2 N–H and O–H groups in total. The third kappa shape index (κ3) is 1.96. The van der Waals surface area contributed by atoms with Gasteiger partial charge in [0.2, 0.25) is 0 Å². The number of hydrogen-bond acceptors (Lipinski definition) is 2. The van der Waals surface area contributed by atoms with Gasteiger partial charge in [0.25, 0.3) is 0 Å². The summed E-state index contributed by atoms with van der Waals surface area (Å²) in [5.74, 6) is -0.605. The maximum atomic E-state index is 11.2. The number of rotatable bonds is 3. The molecule has 1 unspecified atom stereocenters. The Bertz CT molecular complexity index is 372. The number of aliphatic carboxylic acids is 1. The van der Waals surface area contributed by atoms with Gasteiger partial charge in [0.1, 0.15) is 11.7 Å². The van der Waals surface area contributed by atoms with Gasteiger partial charge in [0.05, 0.1) is 5.69 Å². The van der Waals surface area contributed by atoms with Gasteiger partial charge >= 0.3 is 5.97 Å². The molecule has 1 aromatic rings. The van der Waals surface area contributed by atoms with Crippen molar-refractivity contribution in [2.24, 2.45) is 5.92 Å². The molecule has 16 heavy (non-hydrogen) atoms. The maximum Gasteiger partial charge on any atom is 0.314 e. The van der Waals surface area contributed by atoms with Crippen molar-refractivity contribution in [3.8, 4) is 0 Å². The molecule has 0 spiro atoms. The van der Waals surface area contributed by atoms with Crippen LogP contribution in [-0.2, 0) is 17.6 Å². The molecule has 4 heteroatoms. The first-order valence-electron chi connectivity index (χ1n) is 5.90. The lowest BCUT2D eigenvalue weighted by Crippen LogP contribution is -2.18. The van der Waals surface area contributed by atoms with Crippen LogP contribution in [0.15, 0.2) is 0 Å². The summed E-state index contributed by atoms with van der Waals surface area (Å²) in [6, 6.07) is 0. The lowest BCUT2D eigenvalue weighted by atomic mass is 9.95. The summed E-state index contributed by atoms with van der Waals surface area (Å²) in [6.07, 6.45) is 4.33. The second-order valence-corrected chi connectivity index (χ2v) is 4.81. The van der Waals surface area contributed by atoms with Gasteiger partial charge < -0.3 is 10.1 Å². The summed E-state index contributed by atoms with van der Waals surface area (Å²) in [6.45, 7) is 3.83. The van der Waals surface area contributed by atoms with Gasteiger partial charge in [-0.1, -0.05) is 13.8 Å². The zero-order valence-electron chi connectivity index (χ0n) is 9.79. The van der Waals surface area contributed by atoms with Crippen molar-refractivity contribution in [3.63, 3.8) is 0 Å². The normalized spacial score (nSPS) is 17.2. The Morgan fingerprint density at radius 2 is 2.06 bits per heavy atom. The summed E-state index contributed by atoms with van der Waals surface area (Å²) >= 11 is 0. The number of carboxylic acid groups (broad SMARTS) is 1. The van der Waals surface area contributed by atoms with Crippen LogP contribution in [0.4, 0.5) is 0 Å². The number of hydrogen-bond donors (Lipinski definition) is 2.